The van der Waals surface area contributed by atoms with Crippen LogP contribution in [0.4, 0.5) is 20.2 Å². The molecule has 0 bridgehead atoms. The van der Waals surface area contributed by atoms with Gasteiger partial charge in [-0.05, 0) is 55.2 Å². The van der Waals surface area contributed by atoms with Crippen LogP contribution in [0.3, 0.4) is 0 Å². The van der Waals surface area contributed by atoms with E-state index in [1.54, 1.807) is 0 Å². The van der Waals surface area contributed by atoms with Crippen LogP contribution in [0.1, 0.15) is 22.3 Å². The predicted octanol–water partition coefficient (Wildman–Crippen LogP) is 4.93. The van der Waals surface area contributed by atoms with Gasteiger partial charge < -0.3 is 4.90 Å². The second-order valence-electron chi connectivity index (χ2n) is 8.11. The SMILES string of the molecule is Cc1ccc(C2=C(N3CCc4ccccc43)C(=O)N(c3ccc(F)cc3F)C2=O)c(C)c1. The summed E-state index contributed by atoms with van der Waals surface area (Å²) in [6.07, 6.45) is 0.728. The van der Waals surface area contributed by atoms with Crippen molar-refractivity contribution in [2.24, 2.45) is 0 Å². The van der Waals surface area contributed by atoms with Gasteiger partial charge in [0.15, 0.2) is 0 Å². The van der Waals surface area contributed by atoms with E-state index >= 15 is 0 Å². The molecule has 2 heterocycles. The van der Waals surface area contributed by atoms with Crippen LogP contribution in [-0.4, -0.2) is 18.4 Å². The topological polar surface area (TPSA) is 40.6 Å². The number of carbonyl (C=O) groups is 2. The van der Waals surface area contributed by atoms with Gasteiger partial charge in [0.05, 0.1) is 11.3 Å². The standard InChI is InChI=1S/C26H20F2N2O2/c1-15-7-9-19(16(2)13-15)23-24(29-12-11-17-5-3-4-6-21(17)29)26(32)30(25(23)31)22-10-8-18(27)14-20(22)28/h3-10,13-14H,11-12H2,1-2H3. The Kier molecular flexibility index (Phi) is 4.66. The molecular weight excluding hydrogens is 410 g/mol. The molecule has 5 rings (SSSR count). The number of para-hydroxylation sites is 1. The van der Waals surface area contributed by atoms with Crippen molar-refractivity contribution >= 4 is 28.8 Å². The third kappa shape index (κ3) is 3.02. The molecule has 160 valence electrons. The molecule has 0 saturated carbocycles. The van der Waals surface area contributed by atoms with E-state index < -0.39 is 23.4 Å². The van der Waals surface area contributed by atoms with Crippen LogP contribution < -0.4 is 9.80 Å². The van der Waals surface area contributed by atoms with Crippen LogP contribution in [-0.2, 0) is 16.0 Å². The number of aryl methyl sites for hydroxylation is 2. The normalized spacial score (nSPS) is 15.8. The van der Waals surface area contributed by atoms with E-state index in [1.807, 2.05) is 61.2 Å². The number of benzene rings is 3. The molecular formula is C26H20F2N2O2. The largest absolute Gasteiger partial charge is 0.336 e. The van der Waals surface area contributed by atoms with E-state index in [1.165, 1.54) is 0 Å². The maximum Gasteiger partial charge on any atom is 0.282 e. The molecule has 0 N–H and O–H groups in total. The number of anilines is 2. The van der Waals surface area contributed by atoms with E-state index in [-0.39, 0.29) is 17.0 Å². The van der Waals surface area contributed by atoms with Crippen LogP contribution in [0.15, 0.2) is 66.4 Å². The van der Waals surface area contributed by atoms with Crippen LogP contribution in [0.25, 0.3) is 5.57 Å². The fraction of sp³-hybridized carbons (Fsp3) is 0.154. The molecule has 4 nitrogen and oxygen atoms in total. The van der Waals surface area contributed by atoms with E-state index in [4.69, 9.17) is 0 Å². The van der Waals surface area contributed by atoms with Gasteiger partial charge in [0.1, 0.15) is 17.3 Å². The van der Waals surface area contributed by atoms with Gasteiger partial charge in [-0.15, -0.1) is 0 Å². The second kappa shape index (κ2) is 7.41. The van der Waals surface area contributed by atoms with Crippen molar-refractivity contribution in [1.29, 1.82) is 0 Å². The number of imide groups is 1. The predicted molar refractivity (Wildman–Crippen MR) is 119 cm³/mol. The van der Waals surface area contributed by atoms with E-state index in [0.717, 1.165) is 45.8 Å². The summed E-state index contributed by atoms with van der Waals surface area (Å²) in [5.41, 5.74) is 4.61. The fourth-order valence-electron chi connectivity index (χ4n) is 4.56. The van der Waals surface area contributed by atoms with Crippen molar-refractivity contribution in [3.05, 3.63) is 100 Å². The molecule has 0 radical (unpaired) electrons. The smallest absolute Gasteiger partial charge is 0.282 e. The Morgan fingerprint density at radius 1 is 0.844 bits per heavy atom. The lowest BCUT2D eigenvalue weighted by molar-refractivity contribution is -0.120. The van der Waals surface area contributed by atoms with E-state index in [2.05, 4.69) is 0 Å². The highest BCUT2D eigenvalue weighted by atomic mass is 19.1. The Morgan fingerprint density at radius 3 is 2.38 bits per heavy atom. The van der Waals surface area contributed by atoms with Crippen molar-refractivity contribution in [3.63, 3.8) is 0 Å². The minimum absolute atomic E-state index is 0.218. The minimum atomic E-state index is -0.963. The number of hydrogen-bond donors (Lipinski definition) is 0. The number of rotatable bonds is 3. The molecule has 0 aromatic heterocycles. The van der Waals surface area contributed by atoms with Gasteiger partial charge in [-0.1, -0.05) is 42.0 Å². The van der Waals surface area contributed by atoms with Gasteiger partial charge in [0, 0.05) is 18.3 Å². The lowest BCUT2D eigenvalue weighted by atomic mass is 9.97. The number of fused-ring (bicyclic) bond motifs is 1. The van der Waals surface area contributed by atoms with Crippen molar-refractivity contribution in [3.8, 4) is 0 Å². The monoisotopic (exact) mass is 430 g/mol. The molecule has 0 fully saturated rings. The Balaban J connectivity index is 1.73. The highest BCUT2D eigenvalue weighted by Gasteiger charge is 2.45. The highest BCUT2D eigenvalue weighted by Crippen LogP contribution is 2.41. The number of carbonyl (C=O) groups excluding carboxylic acids is 2. The third-order valence-electron chi connectivity index (χ3n) is 6.02. The summed E-state index contributed by atoms with van der Waals surface area (Å²) in [4.78, 5) is 29.9. The molecule has 0 unspecified atom stereocenters. The first-order valence-corrected chi connectivity index (χ1v) is 10.4. The first kappa shape index (κ1) is 20.1. The molecule has 0 saturated heterocycles. The zero-order valence-corrected chi connectivity index (χ0v) is 17.7. The molecule has 3 aromatic carbocycles. The Labute approximate surface area is 184 Å². The Morgan fingerprint density at radius 2 is 1.62 bits per heavy atom. The first-order chi connectivity index (χ1) is 15.4. The lowest BCUT2D eigenvalue weighted by Crippen LogP contribution is -2.35. The highest BCUT2D eigenvalue weighted by molar-refractivity contribution is 6.46. The summed E-state index contributed by atoms with van der Waals surface area (Å²) >= 11 is 0. The van der Waals surface area contributed by atoms with Gasteiger partial charge in [-0.2, -0.15) is 0 Å². The maximum atomic E-state index is 14.6. The van der Waals surface area contributed by atoms with E-state index in [0.29, 0.717) is 18.2 Å². The molecule has 0 aliphatic carbocycles. The Bertz CT molecular complexity index is 1330. The molecule has 32 heavy (non-hydrogen) atoms. The van der Waals surface area contributed by atoms with Gasteiger partial charge in [-0.3, -0.25) is 9.59 Å². The van der Waals surface area contributed by atoms with Gasteiger partial charge >= 0.3 is 0 Å². The van der Waals surface area contributed by atoms with Crippen molar-refractivity contribution in [1.82, 2.24) is 0 Å². The van der Waals surface area contributed by atoms with Gasteiger partial charge in [0.25, 0.3) is 11.8 Å². The molecule has 2 amide bonds. The molecule has 6 heteroatoms. The summed E-state index contributed by atoms with van der Waals surface area (Å²) in [6, 6.07) is 16.2. The average molecular weight is 430 g/mol. The zero-order valence-electron chi connectivity index (χ0n) is 17.7. The molecule has 2 aliphatic heterocycles. The van der Waals surface area contributed by atoms with Gasteiger partial charge in [-0.25, -0.2) is 13.7 Å². The number of amides is 2. The fourth-order valence-corrected chi connectivity index (χ4v) is 4.56. The summed E-state index contributed by atoms with van der Waals surface area (Å²) in [7, 11) is 0. The average Bonchev–Trinajstić information content (AvgIpc) is 3.27. The van der Waals surface area contributed by atoms with Crippen LogP contribution in [0, 0.1) is 25.5 Å². The van der Waals surface area contributed by atoms with Crippen LogP contribution >= 0.6 is 0 Å². The van der Waals surface area contributed by atoms with Crippen LogP contribution in [0.5, 0.6) is 0 Å². The molecule has 3 aromatic rings. The summed E-state index contributed by atoms with van der Waals surface area (Å²) in [5, 5.41) is 0. The maximum absolute atomic E-state index is 14.6. The minimum Gasteiger partial charge on any atom is -0.336 e. The number of halogens is 2. The zero-order chi connectivity index (χ0) is 22.6. The van der Waals surface area contributed by atoms with Crippen molar-refractivity contribution in [2.75, 3.05) is 16.3 Å². The second-order valence-corrected chi connectivity index (χ2v) is 8.11. The number of nitrogens with zero attached hydrogens (tertiary/aromatic N) is 2. The lowest BCUT2D eigenvalue weighted by Gasteiger charge is -2.22. The summed E-state index contributed by atoms with van der Waals surface area (Å²) in [6.45, 7) is 4.36. The number of hydrogen-bond acceptors (Lipinski definition) is 3. The summed E-state index contributed by atoms with van der Waals surface area (Å²) < 4.78 is 28.1. The van der Waals surface area contributed by atoms with Crippen LogP contribution in [0.2, 0.25) is 0 Å². The quantitative estimate of drug-likeness (QED) is 0.554. The third-order valence-corrected chi connectivity index (χ3v) is 6.02. The van der Waals surface area contributed by atoms with Crippen molar-refractivity contribution in [2.45, 2.75) is 20.3 Å². The van der Waals surface area contributed by atoms with Crippen molar-refractivity contribution < 1.29 is 18.4 Å². The summed E-state index contributed by atoms with van der Waals surface area (Å²) in [5.74, 6) is -2.98. The molecule has 0 spiro atoms. The van der Waals surface area contributed by atoms with E-state index in [9.17, 15) is 18.4 Å². The first-order valence-electron chi connectivity index (χ1n) is 10.4. The molecule has 2 aliphatic rings. The molecule has 0 atom stereocenters. The van der Waals surface area contributed by atoms with Gasteiger partial charge in [0.2, 0.25) is 0 Å². The Hall–Kier alpha value is -3.80.